The fourth-order valence-electron chi connectivity index (χ4n) is 4.21. The van der Waals surface area contributed by atoms with Crippen LogP contribution in [0.4, 0.5) is 0 Å². The minimum absolute atomic E-state index is 0.00660. The molecule has 0 bridgehead atoms. The molecule has 1 aliphatic rings. The SMILES string of the molecule is Cc1cnc2[nH]c3c(OCCCN(C)C)ccc(-c4cccc(C(=O)NC5CC5)c4)c3c2c1. The molecule has 2 heterocycles. The summed E-state index contributed by atoms with van der Waals surface area (Å²) in [6.07, 6.45) is 4.97. The molecular weight excluding hydrogens is 412 g/mol. The molecule has 1 saturated carbocycles. The van der Waals surface area contributed by atoms with Gasteiger partial charge in [0.25, 0.3) is 5.91 Å². The number of carbonyl (C=O) groups is 1. The number of fused-ring (bicyclic) bond motifs is 3. The number of aromatic nitrogens is 2. The first kappa shape index (κ1) is 21.5. The van der Waals surface area contributed by atoms with Crippen molar-refractivity contribution in [1.29, 1.82) is 0 Å². The van der Waals surface area contributed by atoms with Gasteiger partial charge in [0.15, 0.2) is 0 Å². The zero-order chi connectivity index (χ0) is 22.9. The van der Waals surface area contributed by atoms with E-state index in [1.807, 2.05) is 30.5 Å². The van der Waals surface area contributed by atoms with Crippen molar-refractivity contribution in [2.75, 3.05) is 27.2 Å². The van der Waals surface area contributed by atoms with Crippen LogP contribution in [-0.2, 0) is 0 Å². The molecule has 0 aliphatic heterocycles. The highest BCUT2D eigenvalue weighted by Crippen LogP contribution is 2.39. The molecular formula is C27H30N4O2. The average Bonchev–Trinajstić information content (AvgIpc) is 3.54. The van der Waals surface area contributed by atoms with E-state index in [-0.39, 0.29) is 5.91 Å². The van der Waals surface area contributed by atoms with Crippen LogP contribution >= 0.6 is 0 Å². The maximum atomic E-state index is 12.6. The number of hydrogen-bond acceptors (Lipinski definition) is 4. The van der Waals surface area contributed by atoms with Gasteiger partial charge in [-0.15, -0.1) is 0 Å². The standard InChI is InChI=1S/C27H30N4O2/c1-17-14-22-24-21(18-6-4-7-19(15-18)27(32)29-20-8-9-20)10-11-23(33-13-5-12-31(2)3)25(24)30-26(22)28-16-17/h4,6-7,10-11,14-16,20H,5,8-9,12-13H2,1-3H3,(H,28,30)(H,29,32). The van der Waals surface area contributed by atoms with E-state index in [0.29, 0.717) is 18.2 Å². The molecule has 4 aromatic rings. The number of benzene rings is 2. The van der Waals surface area contributed by atoms with Crippen LogP contribution < -0.4 is 10.1 Å². The number of nitrogens with one attached hydrogen (secondary N) is 2. The molecule has 6 heteroatoms. The van der Waals surface area contributed by atoms with Crippen LogP contribution in [0.25, 0.3) is 33.1 Å². The number of rotatable bonds is 8. The number of amides is 1. The van der Waals surface area contributed by atoms with Crippen molar-refractivity contribution >= 4 is 27.8 Å². The number of aromatic amines is 1. The number of aryl methyl sites for hydroxylation is 1. The number of hydrogen-bond donors (Lipinski definition) is 2. The van der Waals surface area contributed by atoms with Crippen molar-refractivity contribution in [3.8, 4) is 16.9 Å². The third-order valence-corrected chi connectivity index (χ3v) is 6.06. The Morgan fingerprint density at radius 2 is 2.06 bits per heavy atom. The summed E-state index contributed by atoms with van der Waals surface area (Å²) in [6.45, 7) is 3.67. The number of nitrogens with zero attached hydrogens (tertiary/aromatic N) is 2. The van der Waals surface area contributed by atoms with Crippen molar-refractivity contribution in [1.82, 2.24) is 20.2 Å². The normalized spacial score (nSPS) is 13.7. The third-order valence-electron chi connectivity index (χ3n) is 6.06. The van der Waals surface area contributed by atoms with E-state index in [2.05, 4.69) is 59.4 Å². The molecule has 6 nitrogen and oxygen atoms in total. The van der Waals surface area contributed by atoms with Gasteiger partial charge >= 0.3 is 0 Å². The van der Waals surface area contributed by atoms with Crippen LogP contribution in [0.3, 0.4) is 0 Å². The predicted octanol–water partition coefficient (Wildman–Crippen LogP) is 4.91. The lowest BCUT2D eigenvalue weighted by atomic mass is 9.97. The highest BCUT2D eigenvalue weighted by atomic mass is 16.5. The summed E-state index contributed by atoms with van der Waals surface area (Å²) in [6, 6.07) is 14.5. The Hall–Kier alpha value is -3.38. The lowest BCUT2D eigenvalue weighted by Gasteiger charge is -2.13. The summed E-state index contributed by atoms with van der Waals surface area (Å²) in [4.78, 5) is 22.9. The molecule has 0 saturated heterocycles. The number of pyridine rings is 1. The van der Waals surface area contributed by atoms with E-state index in [1.54, 1.807) is 0 Å². The summed E-state index contributed by atoms with van der Waals surface area (Å²) < 4.78 is 6.18. The fourth-order valence-corrected chi connectivity index (χ4v) is 4.21. The first-order valence-electron chi connectivity index (χ1n) is 11.6. The van der Waals surface area contributed by atoms with Gasteiger partial charge in [0.05, 0.1) is 12.1 Å². The second kappa shape index (κ2) is 8.87. The Bertz CT molecular complexity index is 1320. The van der Waals surface area contributed by atoms with Crippen LogP contribution in [0, 0.1) is 6.92 Å². The van der Waals surface area contributed by atoms with Crippen molar-refractivity contribution in [3.05, 3.63) is 59.8 Å². The van der Waals surface area contributed by atoms with E-state index in [9.17, 15) is 4.79 Å². The minimum Gasteiger partial charge on any atom is -0.491 e. The Morgan fingerprint density at radius 3 is 2.85 bits per heavy atom. The van der Waals surface area contributed by atoms with E-state index >= 15 is 0 Å². The Morgan fingerprint density at radius 1 is 1.21 bits per heavy atom. The van der Waals surface area contributed by atoms with Crippen LogP contribution in [0.15, 0.2) is 48.7 Å². The lowest BCUT2D eigenvalue weighted by Crippen LogP contribution is -2.25. The third kappa shape index (κ3) is 4.57. The van der Waals surface area contributed by atoms with E-state index in [4.69, 9.17) is 4.74 Å². The molecule has 2 aromatic carbocycles. The molecule has 0 spiro atoms. The molecule has 0 atom stereocenters. The van der Waals surface area contributed by atoms with Gasteiger partial charge in [-0.1, -0.05) is 12.1 Å². The average molecular weight is 443 g/mol. The zero-order valence-electron chi connectivity index (χ0n) is 19.4. The van der Waals surface area contributed by atoms with Crippen molar-refractivity contribution in [2.24, 2.45) is 0 Å². The molecule has 1 aliphatic carbocycles. The van der Waals surface area contributed by atoms with Crippen LogP contribution in [0.1, 0.15) is 35.2 Å². The van der Waals surface area contributed by atoms with Crippen molar-refractivity contribution in [3.63, 3.8) is 0 Å². The summed E-state index contributed by atoms with van der Waals surface area (Å²) in [7, 11) is 4.13. The van der Waals surface area contributed by atoms with Crippen LogP contribution in [0.2, 0.25) is 0 Å². The quantitative estimate of drug-likeness (QED) is 0.380. The van der Waals surface area contributed by atoms with Gasteiger partial charge in [0.1, 0.15) is 11.4 Å². The van der Waals surface area contributed by atoms with Gasteiger partial charge in [0.2, 0.25) is 0 Å². The van der Waals surface area contributed by atoms with Gasteiger partial charge in [-0.05, 0) is 87.3 Å². The Kier molecular flexibility index (Phi) is 5.77. The largest absolute Gasteiger partial charge is 0.491 e. The van der Waals surface area contributed by atoms with E-state index < -0.39 is 0 Å². The van der Waals surface area contributed by atoms with E-state index in [0.717, 1.165) is 70.2 Å². The van der Waals surface area contributed by atoms with Crippen molar-refractivity contribution < 1.29 is 9.53 Å². The highest BCUT2D eigenvalue weighted by molar-refractivity contribution is 6.15. The molecule has 0 radical (unpaired) electrons. The van der Waals surface area contributed by atoms with Gasteiger partial charge in [-0.25, -0.2) is 4.98 Å². The Balaban J connectivity index is 1.57. The first-order valence-corrected chi connectivity index (χ1v) is 11.6. The summed E-state index contributed by atoms with van der Waals surface area (Å²) in [5, 5.41) is 5.22. The topological polar surface area (TPSA) is 70.2 Å². The number of ether oxygens (including phenoxy) is 1. The Labute approximate surface area is 194 Å². The van der Waals surface area contributed by atoms with Crippen LogP contribution in [-0.4, -0.2) is 54.1 Å². The smallest absolute Gasteiger partial charge is 0.251 e. The fraction of sp³-hybridized carbons (Fsp3) is 0.333. The second-order valence-corrected chi connectivity index (χ2v) is 9.23. The van der Waals surface area contributed by atoms with Gasteiger partial charge < -0.3 is 19.9 Å². The van der Waals surface area contributed by atoms with E-state index in [1.165, 1.54) is 0 Å². The molecule has 1 amide bonds. The molecule has 2 N–H and O–H groups in total. The minimum atomic E-state index is -0.00660. The monoisotopic (exact) mass is 442 g/mol. The molecule has 170 valence electrons. The van der Waals surface area contributed by atoms with Gasteiger partial charge in [-0.3, -0.25) is 4.79 Å². The molecule has 33 heavy (non-hydrogen) atoms. The molecule has 1 fully saturated rings. The van der Waals surface area contributed by atoms with Crippen molar-refractivity contribution in [2.45, 2.75) is 32.2 Å². The maximum absolute atomic E-state index is 12.6. The number of H-pyrrole nitrogens is 1. The molecule has 0 unspecified atom stereocenters. The first-order chi connectivity index (χ1) is 16.0. The summed E-state index contributed by atoms with van der Waals surface area (Å²) in [5.41, 5.74) is 5.63. The lowest BCUT2D eigenvalue weighted by molar-refractivity contribution is 0.0951. The zero-order valence-corrected chi connectivity index (χ0v) is 19.4. The predicted molar refractivity (Wildman–Crippen MR) is 133 cm³/mol. The molecule has 2 aromatic heterocycles. The second-order valence-electron chi connectivity index (χ2n) is 9.23. The van der Waals surface area contributed by atoms with Crippen LogP contribution in [0.5, 0.6) is 5.75 Å². The molecule has 5 rings (SSSR count). The van der Waals surface area contributed by atoms with Gasteiger partial charge in [0, 0.05) is 35.1 Å². The highest BCUT2D eigenvalue weighted by Gasteiger charge is 2.24. The summed E-state index contributed by atoms with van der Waals surface area (Å²) >= 11 is 0. The van der Waals surface area contributed by atoms with Gasteiger partial charge in [-0.2, -0.15) is 0 Å². The summed E-state index contributed by atoms with van der Waals surface area (Å²) in [5.74, 6) is 0.818. The number of carbonyl (C=O) groups excluding carboxylic acids is 1. The maximum Gasteiger partial charge on any atom is 0.251 e.